The number of para-hydroxylation sites is 1. The fourth-order valence-electron chi connectivity index (χ4n) is 3.13. The van der Waals surface area contributed by atoms with Gasteiger partial charge in [-0.3, -0.25) is 4.90 Å². The normalized spacial score (nSPS) is 23.9. The van der Waals surface area contributed by atoms with Crippen LogP contribution in [-0.4, -0.2) is 36.2 Å². The molecule has 3 rings (SSSR count). The summed E-state index contributed by atoms with van der Waals surface area (Å²) in [7, 11) is 2.08. The minimum absolute atomic E-state index is 0. The summed E-state index contributed by atoms with van der Waals surface area (Å²) in [5.41, 5.74) is 7.71. The van der Waals surface area contributed by atoms with Crippen molar-refractivity contribution in [3.8, 4) is 0 Å². The summed E-state index contributed by atoms with van der Waals surface area (Å²) in [6, 6.07) is 6.33. The van der Waals surface area contributed by atoms with Crippen LogP contribution in [-0.2, 0) is 0 Å². The SMILES string of the molecule is C[C@@H]1C=C(c2cccc3c2NC=C=C3)[C@H](CO)N(C)C1.[Lr]. The van der Waals surface area contributed by atoms with Gasteiger partial charge < -0.3 is 10.4 Å². The molecule has 0 saturated carbocycles. The van der Waals surface area contributed by atoms with Gasteiger partial charge >= 0.3 is 0 Å². The van der Waals surface area contributed by atoms with Gasteiger partial charge in [-0.25, -0.2) is 0 Å². The largest absolute Gasteiger partial charge is 0.394 e. The Morgan fingerprint density at radius 2 is 2.24 bits per heavy atom. The van der Waals surface area contributed by atoms with Crippen LogP contribution >= 0.6 is 0 Å². The maximum absolute atomic E-state index is 9.75. The second-order valence-electron chi connectivity index (χ2n) is 5.61. The van der Waals surface area contributed by atoms with E-state index in [1.165, 1.54) is 11.1 Å². The van der Waals surface area contributed by atoms with E-state index in [0.29, 0.717) is 5.92 Å². The van der Waals surface area contributed by atoms with Gasteiger partial charge in [0.1, 0.15) is 0 Å². The van der Waals surface area contributed by atoms with E-state index in [1.54, 1.807) is 0 Å². The van der Waals surface area contributed by atoms with E-state index in [-0.39, 0.29) is 12.6 Å². The van der Waals surface area contributed by atoms with Crippen molar-refractivity contribution >= 4 is 17.3 Å². The molecule has 3 nitrogen and oxygen atoms in total. The van der Waals surface area contributed by atoms with Crippen LogP contribution < -0.4 is 5.32 Å². The zero-order valence-electron chi connectivity index (χ0n) is 12.2. The molecule has 2 heterocycles. The van der Waals surface area contributed by atoms with Gasteiger partial charge in [0, 0.05) is 23.9 Å². The van der Waals surface area contributed by atoms with Crippen LogP contribution in [0.1, 0.15) is 18.1 Å². The van der Waals surface area contributed by atoms with Crippen LogP contribution in [0.4, 0.5) is 5.69 Å². The first-order valence-corrected chi connectivity index (χ1v) is 7.04. The van der Waals surface area contributed by atoms with Gasteiger partial charge in [0.15, 0.2) is 0 Å². The summed E-state index contributed by atoms with van der Waals surface area (Å²) in [6.07, 6.45) is 6.11. The third kappa shape index (κ3) is 2.46. The number of hydrogen-bond donors (Lipinski definition) is 2. The van der Waals surface area contributed by atoms with Gasteiger partial charge in [-0.15, -0.1) is 5.73 Å². The maximum atomic E-state index is 9.75. The molecule has 2 aliphatic heterocycles. The average Bonchev–Trinajstić information content (AvgIpc) is 2.46. The van der Waals surface area contributed by atoms with E-state index in [2.05, 4.69) is 54.2 Å². The fraction of sp³-hybridized carbons (Fsp3) is 0.353. The van der Waals surface area contributed by atoms with E-state index >= 15 is 0 Å². The second-order valence-corrected chi connectivity index (χ2v) is 5.61. The van der Waals surface area contributed by atoms with Gasteiger partial charge in [-0.1, -0.05) is 31.2 Å². The van der Waals surface area contributed by atoms with Crippen LogP contribution in [0, 0.1) is 5.92 Å². The second kappa shape index (κ2) is 5.68. The van der Waals surface area contributed by atoms with Crippen LogP contribution in [0.2, 0.25) is 0 Å². The minimum Gasteiger partial charge on any atom is -0.394 e. The zero-order valence-corrected chi connectivity index (χ0v) is 14.3. The van der Waals surface area contributed by atoms with Crippen molar-refractivity contribution in [2.75, 3.05) is 25.5 Å². The molecule has 4 heteroatoms. The number of fused-ring (bicyclic) bond motifs is 1. The molecular weight excluding hydrogens is 510 g/mol. The average molecular weight is 530 g/mol. The monoisotopic (exact) mass is 530 g/mol. The van der Waals surface area contributed by atoms with Crippen molar-refractivity contribution < 1.29 is 5.11 Å². The minimum atomic E-state index is 0. The molecule has 1 aromatic carbocycles. The number of nitrogens with zero attached hydrogens (tertiary/aromatic N) is 1. The number of likely N-dealkylation sites (N-methyl/N-ethyl adjacent to an activating group) is 1. The number of hydrogen-bond acceptors (Lipinski definition) is 3. The molecule has 2 atom stereocenters. The van der Waals surface area contributed by atoms with E-state index < -0.39 is 0 Å². The van der Waals surface area contributed by atoms with Gasteiger partial charge in [0.25, 0.3) is 0 Å². The molecule has 0 saturated heterocycles. The molecule has 0 bridgehead atoms. The number of nitrogens with one attached hydrogen (secondary N) is 1. The van der Waals surface area contributed by atoms with E-state index in [1.807, 2.05) is 12.3 Å². The molecular formula is C17H20LrN2O. The van der Waals surface area contributed by atoms with Gasteiger partial charge in [-0.05, 0) is 24.6 Å². The van der Waals surface area contributed by atoms with Crippen molar-refractivity contribution in [2.24, 2.45) is 5.92 Å². The summed E-state index contributed by atoms with van der Waals surface area (Å²) >= 11 is 0. The molecule has 0 aliphatic carbocycles. The summed E-state index contributed by atoms with van der Waals surface area (Å²) in [4.78, 5) is 2.23. The summed E-state index contributed by atoms with van der Waals surface area (Å²) in [5.74, 6) is 0.489. The number of aliphatic hydroxyl groups excluding tert-OH is 1. The molecule has 0 amide bonds. The smallest absolute Gasteiger partial charge is 0.0628 e. The van der Waals surface area contributed by atoms with Crippen LogP contribution in [0.5, 0.6) is 0 Å². The number of aliphatic hydroxyl groups is 1. The predicted molar refractivity (Wildman–Crippen MR) is 83.3 cm³/mol. The number of benzene rings is 1. The zero-order chi connectivity index (χ0) is 14.1. The van der Waals surface area contributed by atoms with E-state index in [0.717, 1.165) is 17.8 Å². The van der Waals surface area contributed by atoms with Gasteiger partial charge in [0.2, 0.25) is 0 Å². The summed E-state index contributed by atoms with van der Waals surface area (Å²) in [5, 5.41) is 13.0. The molecule has 119 valence electrons. The third-order valence-electron chi connectivity index (χ3n) is 4.05. The van der Waals surface area contributed by atoms with Crippen LogP contribution in [0.25, 0.3) is 11.6 Å². The topological polar surface area (TPSA) is 35.5 Å². The molecule has 1 aromatic rings. The van der Waals surface area contributed by atoms with Gasteiger partial charge in [-0.2, -0.15) is 0 Å². The van der Waals surface area contributed by atoms with Crippen molar-refractivity contribution in [1.82, 2.24) is 4.90 Å². The summed E-state index contributed by atoms with van der Waals surface area (Å²) in [6.45, 7) is 3.34. The van der Waals surface area contributed by atoms with E-state index in [4.69, 9.17) is 0 Å². The standard InChI is InChI=1S/C17H20N2O.Lr/c1-12-9-15(16(11-20)19(2)10-12)14-7-3-5-13-6-4-8-18-17(13)14;/h3,5-9,12,16,18,20H,10-11H2,1-2H3;/t12-,16+;/m1./s1. The Balaban J connectivity index is 0.00000161. The molecule has 2 N–H and O–H groups in total. The molecule has 0 aromatic heterocycles. The van der Waals surface area contributed by atoms with Crippen molar-refractivity contribution in [3.05, 3.63) is 47.3 Å². The first-order valence-electron chi connectivity index (χ1n) is 7.04. The maximum Gasteiger partial charge on any atom is 0.0628 e. The Bertz CT molecular complexity index is 617. The molecule has 0 spiro atoms. The van der Waals surface area contributed by atoms with Crippen molar-refractivity contribution in [3.63, 3.8) is 0 Å². The molecule has 0 unspecified atom stereocenters. The Kier molecular flexibility index (Phi) is 3.95. The van der Waals surface area contributed by atoms with Crippen molar-refractivity contribution in [1.29, 1.82) is 0 Å². The number of rotatable bonds is 2. The Labute approximate surface area is 119 Å². The molecule has 0 fully saturated rings. The molecule has 1 radical (unpaired) electrons. The third-order valence-corrected chi connectivity index (χ3v) is 4.05. The fourth-order valence-corrected chi connectivity index (χ4v) is 3.13. The predicted octanol–water partition coefficient (Wildman–Crippen LogP) is 2.56. The first-order chi connectivity index (χ1) is 9.70. The first kappa shape index (κ1) is 14.6. The van der Waals surface area contributed by atoms with Crippen LogP contribution in [0.3, 0.4) is 0 Å². The Morgan fingerprint density at radius 1 is 1.43 bits per heavy atom. The van der Waals surface area contributed by atoms with Gasteiger partial charge in [0.05, 0.1) is 18.3 Å². The Hall–Kier alpha value is -2.80. The quantitative estimate of drug-likeness (QED) is 0.578. The van der Waals surface area contributed by atoms with Crippen LogP contribution in [0.15, 0.2) is 36.2 Å². The van der Waals surface area contributed by atoms with E-state index in [9.17, 15) is 5.11 Å². The number of anilines is 1. The Morgan fingerprint density at radius 3 is 3.00 bits per heavy atom. The summed E-state index contributed by atoms with van der Waals surface area (Å²) < 4.78 is 0. The van der Waals surface area contributed by atoms with Crippen molar-refractivity contribution in [2.45, 2.75) is 13.0 Å². The molecule has 21 heavy (non-hydrogen) atoms. The molecule has 2 aliphatic rings.